The third-order valence-corrected chi connectivity index (χ3v) is 4.18. The van der Waals surface area contributed by atoms with Gasteiger partial charge in [0.25, 0.3) is 5.91 Å². The summed E-state index contributed by atoms with van der Waals surface area (Å²) in [5.41, 5.74) is 1.07. The molecular formula is C20H19ClFNO4. The van der Waals surface area contributed by atoms with Crippen LogP contribution in [-0.2, 0) is 14.3 Å². The molecule has 0 saturated heterocycles. The molecule has 142 valence electrons. The number of Topliss-reactive ketones (excluding diaryl/α,β-unsaturated/α-hetero) is 1. The minimum absolute atomic E-state index is 0.0812. The van der Waals surface area contributed by atoms with E-state index in [9.17, 15) is 18.8 Å². The summed E-state index contributed by atoms with van der Waals surface area (Å²) in [6, 6.07) is 11.8. The van der Waals surface area contributed by atoms with Gasteiger partial charge < -0.3 is 10.1 Å². The number of amides is 1. The number of halogens is 2. The van der Waals surface area contributed by atoms with E-state index < -0.39 is 24.3 Å². The molecule has 0 fully saturated rings. The number of nitrogens with one attached hydrogen (secondary N) is 1. The van der Waals surface area contributed by atoms with Crippen LogP contribution in [0, 0.1) is 5.82 Å². The highest BCUT2D eigenvalue weighted by Crippen LogP contribution is 2.21. The molecule has 1 N–H and O–H groups in total. The molecular weight excluding hydrogens is 373 g/mol. The molecule has 2 aromatic rings. The van der Waals surface area contributed by atoms with Gasteiger partial charge >= 0.3 is 5.97 Å². The Morgan fingerprint density at radius 1 is 1.07 bits per heavy atom. The first-order valence-corrected chi connectivity index (χ1v) is 8.73. The molecule has 0 bridgehead atoms. The zero-order valence-electron chi connectivity index (χ0n) is 14.7. The lowest BCUT2D eigenvalue weighted by molar-refractivity contribution is -0.148. The summed E-state index contributed by atoms with van der Waals surface area (Å²) in [6.07, 6.45) is -0.244. The molecule has 0 unspecified atom stereocenters. The number of esters is 1. The van der Waals surface area contributed by atoms with Crippen LogP contribution in [0.1, 0.15) is 41.7 Å². The van der Waals surface area contributed by atoms with E-state index in [1.807, 2.05) is 6.07 Å². The molecule has 0 radical (unpaired) electrons. The Bertz CT molecular complexity index is 823. The van der Waals surface area contributed by atoms with Gasteiger partial charge in [0.1, 0.15) is 5.82 Å². The van der Waals surface area contributed by atoms with Crippen molar-refractivity contribution in [3.8, 4) is 0 Å². The highest BCUT2D eigenvalue weighted by molar-refractivity contribution is 6.31. The SMILES string of the molecule is C[C@H](NC(=O)COC(=O)CCC(=O)c1ccc(F)cc1)c1ccccc1Cl. The first-order valence-electron chi connectivity index (χ1n) is 8.35. The van der Waals surface area contributed by atoms with Gasteiger partial charge in [-0.3, -0.25) is 14.4 Å². The van der Waals surface area contributed by atoms with E-state index in [0.717, 1.165) is 5.56 Å². The minimum atomic E-state index is -0.661. The summed E-state index contributed by atoms with van der Waals surface area (Å²) in [7, 11) is 0. The van der Waals surface area contributed by atoms with E-state index in [2.05, 4.69) is 5.32 Å². The van der Waals surface area contributed by atoms with E-state index in [-0.39, 0.29) is 24.7 Å². The van der Waals surface area contributed by atoms with Gasteiger partial charge in [-0.15, -0.1) is 0 Å². The molecule has 2 aromatic carbocycles. The highest BCUT2D eigenvalue weighted by atomic mass is 35.5. The Balaban J connectivity index is 1.73. The van der Waals surface area contributed by atoms with Gasteiger partial charge in [-0.1, -0.05) is 29.8 Å². The third-order valence-electron chi connectivity index (χ3n) is 3.84. The van der Waals surface area contributed by atoms with Crippen LogP contribution in [0.4, 0.5) is 4.39 Å². The number of carbonyl (C=O) groups is 3. The van der Waals surface area contributed by atoms with Crippen LogP contribution >= 0.6 is 11.6 Å². The Morgan fingerprint density at radius 3 is 2.41 bits per heavy atom. The van der Waals surface area contributed by atoms with Crippen molar-refractivity contribution >= 4 is 29.3 Å². The van der Waals surface area contributed by atoms with Crippen LogP contribution in [-0.4, -0.2) is 24.3 Å². The number of benzene rings is 2. The number of hydrogen-bond acceptors (Lipinski definition) is 4. The first kappa shape index (κ1) is 20.6. The summed E-state index contributed by atoms with van der Waals surface area (Å²) in [4.78, 5) is 35.5. The van der Waals surface area contributed by atoms with Gasteiger partial charge in [0.15, 0.2) is 12.4 Å². The molecule has 0 aromatic heterocycles. The summed E-state index contributed by atoms with van der Waals surface area (Å²) < 4.78 is 17.7. The molecule has 0 aliphatic carbocycles. The standard InChI is InChI=1S/C20H19ClFNO4/c1-13(16-4-2-3-5-17(16)21)23-19(25)12-27-20(26)11-10-18(24)14-6-8-15(22)9-7-14/h2-9,13H,10-12H2,1H3,(H,23,25)/t13-/m0/s1. The van der Waals surface area contributed by atoms with Crippen LogP contribution in [0.2, 0.25) is 5.02 Å². The minimum Gasteiger partial charge on any atom is -0.456 e. The van der Waals surface area contributed by atoms with Crippen molar-refractivity contribution in [1.29, 1.82) is 0 Å². The summed E-state index contributed by atoms with van der Waals surface area (Å²) in [5.74, 6) is -1.88. The average Bonchev–Trinajstić information content (AvgIpc) is 2.65. The lowest BCUT2D eigenvalue weighted by Crippen LogP contribution is -2.31. The van der Waals surface area contributed by atoms with Gasteiger partial charge in [0, 0.05) is 17.0 Å². The number of ether oxygens (including phenoxy) is 1. The smallest absolute Gasteiger partial charge is 0.306 e. The summed E-state index contributed by atoms with van der Waals surface area (Å²) in [5, 5.41) is 3.21. The Hall–Kier alpha value is -2.73. The van der Waals surface area contributed by atoms with E-state index in [4.69, 9.17) is 16.3 Å². The molecule has 7 heteroatoms. The summed E-state index contributed by atoms with van der Waals surface area (Å²) in [6.45, 7) is 1.32. The van der Waals surface area contributed by atoms with Crippen LogP contribution in [0.25, 0.3) is 0 Å². The molecule has 0 aliphatic rings. The average molecular weight is 392 g/mol. The highest BCUT2D eigenvalue weighted by Gasteiger charge is 2.15. The predicted octanol–water partition coefficient (Wildman–Crippen LogP) is 3.86. The van der Waals surface area contributed by atoms with E-state index in [0.29, 0.717) is 10.6 Å². The second-order valence-electron chi connectivity index (χ2n) is 5.90. The monoisotopic (exact) mass is 391 g/mol. The maximum atomic E-state index is 12.8. The maximum absolute atomic E-state index is 12.8. The molecule has 0 aliphatic heterocycles. The Kier molecular flexibility index (Phi) is 7.49. The maximum Gasteiger partial charge on any atom is 0.306 e. The van der Waals surface area contributed by atoms with Crippen LogP contribution in [0.5, 0.6) is 0 Å². The van der Waals surface area contributed by atoms with Crippen molar-refractivity contribution in [2.45, 2.75) is 25.8 Å². The first-order chi connectivity index (χ1) is 12.9. The summed E-state index contributed by atoms with van der Waals surface area (Å²) >= 11 is 6.07. The number of hydrogen-bond donors (Lipinski definition) is 1. The molecule has 1 atom stereocenters. The van der Waals surface area contributed by atoms with Crippen LogP contribution in [0.3, 0.4) is 0 Å². The van der Waals surface area contributed by atoms with Crippen molar-refractivity contribution in [2.75, 3.05) is 6.61 Å². The van der Waals surface area contributed by atoms with Crippen molar-refractivity contribution in [3.05, 3.63) is 70.5 Å². The fourth-order valence-corrected chi connectivity index (χ4v) is 2.70. The molecule has 27 heavy (non-hydrogen) atoms. The van der Waals surface area contributed by atoms with Crippen molar-refractivity contribution in [3.63, 3.8) is 0 Å². The quantitative estimate of drug-likeness (QED) is 0.547. The van der Waals surface area contributed by atoms with Crippen LogP contribution in [0.15, 0.2) is 48.5 Å². The molecule has 2 rings (SSSR count). The predicted molar refractivity (Wildman–Crippen MR) is 98.9 cm³/mol. The second kappa shape index (κ2) is 9.83. The zero-order chi connectivity index (χ0) is 19.8. The Morgan fingerprint density at radius 2 is 1.74 bits per heavy atom. The van der Waals surface area contributed by atoms with Crippen molar-refractivity contribution in [1.82, 2.24) is 5.32 Å². The van der Waals surface area contributed by atoms with Gasteiger partial charge in [0.2, 0.25) is 0 Å². The molecule has 5 nitrogen and oxygen atoms in total. The number of ketones is 1. The van der Waals surface area contributed by atoms with E-state index >= 15 is 0 Å². The number of carbonyl (C=O) groups excluding carboxylic acids is 3. The fourth-order valence-electron chi connectivity index (χ4n) is 2.40. The molecule has 0 heterocycles. The largest absolute Gasteiger partial charge is 0.456 e. The molecule has 1 amide bonds. The van der Waals surface area contributed by atoms with Gasteiger partial charge in [-0.25, -0.2) is 4.39 Å². The van der Waals surface area contributed by atoms with E-state index in [1.54, 1.807) is 25.1 Å². The van der Waals surface area contributed by atoms with E-state index in [1.165, 1.54) is 24.3 Å². The lowest BCUT2D eigenvalue weighted by atomic mass is 10.1. The van der Waals surface area contributed by atoms with Crippen molar-refractivity contribution < 1.29 is 23.5 Å². The normalized spacial score (nSPS) is 11.5. The fraction of sp³-hybridized carbons (Fsp3) is 0.250. The van der Waals surface area contributed by atoms with Gasteiger partial charge in [0.05, 0.1) is 12.5 Å². The van der Waals surface area contributed by atoms with Crippen molar-refractivity contribution in [2.24, 2.45) is 0 Å². The topological polar surface area (TPSA) is 72.5 Å². The van der Waals surface area contributed by atoms with Crippen LogP contribution < -0.4 is 5.32 Å². The van der Waals surface area contributed by atoms with Gasteiger partial charge in [-0.05, 0) is 42.8 Å². The third kappa shape index (κ3) is 6.49. The zero-order valence-corrected chi connectivity index (χ0v) is 15.5. The molecule has 0 spiro atoms. The van der Waals surface area contributed by atoms with Gasteiger partial charge in [-0.2, -0.15) is 0 Å². The lowest BCUT2D eigenvalue weighted by Gasteiger charge is -2.15. The Labute approximate surface area is 161 Å². The number of rotatable bonds is 8. The molecule has 0 saturated carbocycles. The second-order valence-corrected chi connectivity index (χ2v) is 6.31.